The van der Waals surface area contributed by atoms with Gasteiger partial charge in [0.1, 0.15) is 5.82 Å². The van der Waals surface area contributed by atoms with Crippen LogP contribution in [0.2, 0.25) is 0 Å². The van der Waals surface area contributed by atoms with Crippen molar-refractivity contribution in [2.45, 2.75) is 44.6 Å². The summed E-state index contributed by atoms with van der Waals surface area (Å²) in [6.45, 7) is 2.92. The van der Waals surface area contributed by atoms with Gasteiger partial charge in [0, 0.05) is 5.41 Å². The molecule has 1 aromatic heterocycles. The van der Waals surface area contributed by atoms with Crippen LogP contribution >= 0.6 is 0 Å². The second-order valence-electron chi connectivity index (χ2n) is 8.48. The number of aliphatic hydroxyl groups excluding tert-OH is 1. The van der Waals surface area contributed by atoms with Crippen molar-refractivity contribution in [1.82, 2.24) is 9.78 Å². The van der Waals surface area contributed by atoms with Crippen LogP contribution in [0.3, 0.4) is 0 Å². The number of aromatic nitrogens is 2. The molecule has 2 heterocycles. The molecule has 1 spiro atoms. The summed E-state index contributed by atoms with van der Waals surface area (Å²) in [6, 6.07) is 6.48. The number of benzene rings is 1. The molecule has 0 bridgehead atoms. The second kappa shape index (κ2) is 6.39. The average molecular weight is 380 g/mol. The van der Waals surface area contributed by atoms with Crippen LogP contribution in [0.25, 0.3) is 11.8 Å². The van der Waals surface area contributed by atoms with Crippen molar-refractivity contribution >= 4 is 6.08 Å². The topological polar surface area (TPSA) is 47.3 Å². The van der Waals surface area contributed by atoms with Gasteiger partial charge in [-0.05, 0) is 73.6 Å². The standard InChI is InChI=1S/C23H25FN2O2/c1-22-12-17-13-25-26(20-6-4-19(24)5-7-20)21(17)11-18(22)3-2-9-23(22)10-8-16(14-27)15-28-23/h4-8,11,13,27H,2-3,9-10,12,14-15H2,1H3/t22-,23+/m0/s1. The lowest BCUT2D eigenvalue weighted by Gasteiger charge is -2.55. The van der Waals surface area contributed by atoms with Gasteiger partial charge in [0.05, 0.1) is 36.4 Å². The molecule has 2 aliphatic carbocycles. The van der Waals surface area contributed by atoms with Gasteiger partial charge in [0.2, 0.25) is 0 Å². The third-order valence-corrected chi connectivity index (χ3v) is 7.01. The average Bonchev–Trinajstić information content (AvgIpc) is 3.11. The van der Waals surface area contributed by atoms with E-state index in [4.69, 9.17) is 4.74 Å². The fourth-order valence-electron chi connectivity index (χ4n) is 5.26. The minimum Gasteiger partial charge on any atom is -0.392 e. The van der Waals surface area contributed by atoms with Crippen molar-refractivity contribution in [2.75, 3.05) is 13.2 Å². The predicted octanol–water partition coefficient (Wildman–Crippen LogP) is 4.22. The highest BCUT2D eigenvalue weighted by Crippen LogP contribution is 2.57. The van der Waals surface area contributed by atoms with E-state index in [2.05, 4.69) is 24.2 Å². The summed E-state index contributed by atoms with van der Waals surface area (Å²) in [7, 11) is 0. The monoisotopic (exact) mass is 380 g/mol. The van der Waals surface area contributed by atoms with Gasteiger partial charge in [-0.15, -0.1) is 0 Å². The van der Waals surface area contributed by atoms with E-state index >= 15 is 0 Å². The maximum Gasteiger partial charge on any atom is 0.123 e. The summed E-state index contributed by atoms with van der Waals surface area (Å²) in [5.74, 6) is -0.241. The van der Waals surface area contributed by atoms with Crippen LogP contribution < -0.4 is 0 Å². The third-order valence-electron chi connectivity index (χ3n) is 7.01. The molecule has 2 atom stereocenters. The smallest absolute Gasteiger partial charge is 0.123 e. The van der Waals surface area contributed by atoms with Crippen LogP contribution in [0.1, 0.15) is 43.9 Å². The van der Waals surface area contributed by atoms with E-state index in [-0.39, 0.29) is 23.4 Å². The van der Waals surface area contributed by atoms with Gasteiger partial charge in [0.25, 0.3) is 0 Å². The summed E-state index contributed by atoms with van der Waals surface area (Å²) in [5.41, 5.74) is 5.27. The van der Waals surface area contributed by atoms with Gasteiger partial charge in [-0.25, -0.2) is 9.07 Å². The Balaban J connectivity index is 1.55. The molecule has 1 aliphatic heterocycles. The van der Waals surface area contributed by atoms with Gasteiger partial charge in [-0.1, -0.05) is 18.6 Å². The van der Waals surface area contributed by atoms with E-state index in [1.165, 1.54) is 23.3 Å². The lowest BCUT2D eigenvalue weighted by molar-refractivity contribution is -0.131. The highest BCUT2D eigenvalue weighted by atomic mass is 19.1. The normalized spacial score (nSPS) is 29.1. The fourth-order valence-corrected chi connectivity index (χ4v) is 5.26. The van der Waals surface area contributed by atoms with Crippen molar-refractivity contribution in [2.24, 2.45) is 5.41 Å². The number of hydrogen-bond acceptors (Lipinski definition) is 3. The first-order chi connectivity index (χ1) is 13.5. The van der Waals surface area contributed by atoms with Crippen LogP contribution in [0, 0.1) is 11.2 Å². The van der Waals surface area contributed by atoms with Crippen LogP contribution in [-0.2, 0) is 11.2 Å². The third kappa shape index (κ3) is 2.53. The van der Waals surface area contributed by atoms with Crippen LogP contribution in [0.15, 0.2) is 47.7 Å². The summed E-state index contributed by atoms with van der Waals surface area (Å²) in [4.78, 5) is 0. The Labute approximate surface area is 164 Å². The number of halogens is 1. The van der Waals surface area contributed by atoms with Gasteiger partial charge in [-0.2, -0.15) is 5.10 Å². The number of aliphatic hydroxyl groups is 1. The Morgan fingerprint density at radius 1 is 1.29 bits per heavy atom. The Hall–Kier alpha value is -2.24. The molecule has 0 unspecified atom stereocenters. The SMILES string of the molecule is C[C@]12Cc3cnn(-c4ccc(F)cc4)c3C=C1CCC[C@@]21CC=C(CO)CO1. The molecule has 1 aromatic carbocycles. The van der Waals surface area contributed by atoms with Crippen LogP contribution in [-0.4, -0.2) is 33.7 Å². The number of fused-ring (bicyclic) bond motifs is 3. The molecule has 0 saturated heterocycles. The molecule has 1 saturated carbocycles. The number of rotatable bonds is 2. The molecule has 5 heteroatoms. The van der Waals surface area contributed by atoms with E-state index in [0.29, 0.717) is 6.61 Å². The maximum absolute atomic E-state index is 13.3. The summed E-state index contributed by atoms with van der Waals surface area (Å²) < 4.78 is 21.7. The van der Waals surface area contributed by atoms with E-state index < -0.39 is 0 Å². The molecule has 4 nitrogen and oxygen atoms in total. The van der Waals surface area contributed by atoms with Crippen molar-refractivity contribution in [3.63, 3.8) is 0 Å². The van der Waals surface area contributed by atoms with Crippen molar-refractivity contribution < 1.29 is 14.2 Å². The molecule has 5 rings (SSSR count). The van der Waals surface area contributed by atoms with Crippen molar-refractivity contribution in [3.05, 3.63) is 64.8 Å². The highest BCUT2D eigenvalue weighted by molar-refractivity contribution is 5.62. The molecule has 1 N–H and O–H groups in total. The zero-order valence-corrected chi connectivity index (χ0v) is 16.1. The largest absolute Gasteiger partial charge is 0.392 e. The number of ether oxygens (including phenoxy) is 1. The lowest BCUT2D eigenvalue weighted by atomic mass is 9.55. The van der Waals surface area contributed by atoms with E-state index in [0.717, 1.165) is 49.1 Å². The Bertz CT molecular complexity index is 975. The summed E-state index contributed by atoms with van der Waals surface area (Å²) >= 11 is 0. The quantitative estimate of drug-likeness (QED) is 0.794. The first kappa shape index (κ1) is 17.8. The van der Waals surface area contributed by atoms with Gasteiger partial charge in [0.15, 0.2) is 0 Å². The minimum atomic E-state index is -0.241. The maximum atomic E-state index is 13.3. The molecular formula is C23H25FN2O2. The van der Waals surface area contributed by atoms with Crippen molar-refractivity contribution in [3.8, 4) is 5.69 Å². The second-order valence-corrected chi connectivity index (χ2v) is 8.48. The Morgan fingerprint density at radius 3 is 2.82 bits per heavy atom. The summed E-state index contributed by atoms with van der Waals surface area (Å²) in [5, 5.41) is 14.0. The Morgan fingerprint density at radius 2 is 2.11 bits per heavy atom. The molecule has 2 aromatic rings. The van der Waals surface area contributed by atoms with Gasteiger partial charge >= 0.3 is 0 Å². The summed E-state index contributed by atoms with van der Waals surface area (Å²) in [6.07, 6.45) is 11.3. The van der Waals surface area contributed by atoms with Crippen LogP contribution in [0.5, 0.6) is 0 Å². The molecule has 1 fully saturated rings. The molecule has 146 valence electrons. The predicted molar refractivity (Wildman–Crippen MR) is 106 cm³/mol. The van der Waals surface area contributed by atoms with E-state index in [1.54, 1.807) is 12.1 Å². The zero-order chi connectivity index (χ0) is 19.4. The highest BCUT2D eigenvalue weighted by Gasteiger charge is 2.54. The fraction of sp³-hybridized carbons (Fsp3) is 0.435. The first-order valence-electron chi connectivity index (χ1n) is 10.0. The van der Waals surface area contributed by atoms with E-state index in [9.17, 15) is 9.50 Å². The zero-order valence-electron chi connectivity index (χ0n) is 16.1. The van der Waals surface area contributed by atoms with Gasteiger partial charge in [-0.3, -0.25) is 0 Å². The Kier molecular flexibility index (Phi) is 4.07. The first-order valence-corrected chi connectivity index (χ1v) is 10.0. The molecule has 28 heavy (non-hydrogen) atoms. The lowest BCUT2D eigenvalue weighted by Crippen LogP contribution is -2.55. The van der Waals surface area contributed by atoms with Gasteiger partial charge < -0.3 is 9.84 Å². The molecular weight excluding hydrogens is 355 g/mol. The van der Waals surface area contributed by atoms with Crippen molar-refractivity contribution in [1.29, 1.82) is 0 Å². The number of hydrogen-bond donors (Lipinski definition) is 1. The molecule has 0 amide bonds. The number of nitrogens with zero attached hydrogens (tertiary/aromatic N) is 2. The van der Waals surface area contributed by atoms with Crippen LogP contribution in [0.4, 0.5) is 4.39 Å². The molecule has 0 radical (unpaired) electrons. The molecule has 3 aliphatic rings. The minimum absolute atomic E-state index is 0.0735. The van der Waals surface area contributed by atoms with E-state index in [1.807, 2.05) is 10.9 Å².